The third kappa shape index (κ3) is 4.73. The molecule has 0 radical (unpaired) electrons. The first-order valence-corrected chi connectivity index (χ1v) is 7.86. The minimum absolute atomic E-state index is 0.0434. The molecule has 9 nitrogen and oxygen atoms in total. The quantitative estimate of drug-likeness (QED) is 0.272. The molecule has 1 heterocycles. The highest BCUT2D eigenvalue weighted by Gasteiger charge is 2.34. The van der Waals surface area contributed by atoms with Gasteiger partial charge in [0.15, 0.2) is 0 Å². The summed E-state index contributed by atoms with van der Waals surface area (Å²) in [7, 11) is 0. The summed E-state index contributed by atoms with van der Waals surface area (Å²) in [6.07, 6.45) is -0.741. The number of hydrogen-bond acceptors (Lipinski definition) is 7. The molecule has 138 valence electrons. The second-order valence-electron chi connectivity index (χ2n) is 5.37. The summed E-state index contributed by atoms with van der Waals surface area (Å²) in [5, 5.41) is 8.38. The smallest absolute Gasteiger partial charge is 0.372 e. The zero-order valence-electron chi connectivity index (χ0n) is 13.8. The van der Waals surface area contributed by atoms with Crippen LogP contribution in [0.15, 0.2) is 24.3 Å². The first kappa shape index (κ1) is 19.3. The highest BCUT2D eigenvalue weighted by atomic mass is 16.6. The normalized spacial score (nSPS) is 12.8. The van der Waals surface area contributed by atoms with E-state index in [9.17, 15) is 24.0 Å². The van der Waals surface area contributed by atoms with Gasteiger partial charge in [0.25, 0.3) is 11.8 Å². The number of esters is 1. The Balaban J connectivity index is 1.61. The van der Waals surface area contributed by atoms with E-state index in [0.29, 0.717) is 11.1 Å². The topological polar surface area (TPSA) is 127 Å². The summed E-state index contributed by atoms with van der Waals surface area (Å²) >= 11 is 0. The molecule has 0 saturated heterocycles. The SMILES string of the molecule is O=C(CCC(=O)C(=O)O)OCCOCCN1C(=O)c2ccccc2C1=O. The van der Waals surface area contributed by atoms with E-state index in [1.54, 1.807) is 24.3 Å². The molecule has 0 atom stereocenters. The van der Waals surface area contributed by atoms with Gasteiger partial charge in [0, 0.05) is 6.42 Å². The minimum Gasteiger partial charge on any atom is -0.476 e. The summed E-state index contributed by atoms with van der Waals surface area (Å²) in [6.45, 7) is 0.123. The molecule has 1 aliphatic rings. The Morgan fingerprint density at radius 2 is 1.54 bits per heavy atom. The predicted octanol–water partition coefficient (Wildman–Crippen LogP) is 0.276. The van der Waals surface area contributed by atoms with Gasteiger partial charge in [-0.05, 0) is 12.1 Å². The lowest BCUT2D eigenvalue weighted by Crippen LogP contribution is -2.33. The van der Waals surface area contributed by atoms with E-state index in [1.807, 2.05) is 0 Å². The van der Waals surface area contributed by atoms with E-state index < -0.39 is 24.1 Å². The largest absolute Gasteiger partial charge is 0.476 e. The number of imide groups is 1. The minimum atomic E-state index is -1.59. The fourth-order valence-electron chi connectivity index (χ4n) is 2.31. The fourth-order valence-corrected chi connectivity index (χ4v) is 2.31. The Labute approximate surface area is 148 Å². The van der Waals surface area contributed by atoms with E-state index in [2.05, 4.69) is 0 Å². The van der Waals surface area contributed by atoms with Crippen LogP contribution in [0.4, 0.5) is 0 Å². The lowest BCUT2D eigenvalue weighted by atomic mass is 10.1. The lowest BCUT2D eigenvalue weighted by molar-refractivity contribution is -0.151. The van der Waals surface area contributed by atoms with Crippen molar-refractivity contribution in [2.75, 3.05) is 26.4 Å². The van der Waals surface area contributed by atoms with Crippen molar-refractivity contribution in [2.24, 2.45) is 0 Å². The van der Waals surface area contributed by atoms with E-state index >= 15 is 0 Å². The van der Waals surface area contributed by atoms with Gasteiger partial charge in [0.2, 0.25) is 5.78 Å². The number of ketones is 1. The van der Waals surface area contributed by atoms with Crippen LogP contribution in [0.2, 0.25) is 0 Å². The Bertz CT molecular complexity index is 707. The van der Waals surface area contributed by atoms with Gasteiger partial charge < -0.3 is 14.6 Å². The summed E-state index contributed by atoms with van der Waals surface area (Å²) in [6, 6.07) is 6.54. The van der Waals surface area contributed by atoms with Crippen molar-refractivity contribution in [3.63, 3.8) is 0 Å². The number of carboxylic acid groups (broad SMARTS) is 1. The van der Waals surface area contributed by atoms with Gasteiger partial charge >= 0.3 is 11.9 Å². The van der Waals surface area contributed by atoms with E-state index in [1.165, 1.54) is 0 Å². The third-order valence-electron chi connectivity index (χ3n) is 3.62. The van der Waals surface area contributed by atoms with Crippen LogP contribution in [-0.4, -0.2) is 65.9 Å². The van der Waals surface area contributed by atoms with E-state index in [4.69, 9.17) is 14.6 Å². The van der Waals surface area contributed by atoms with Crippen LogP contribution < -0.4 is 0 Å². The molecule has 0 aliphatic carbocycles. The molecular formula is C17H17NO8. The number of amides is 2. The highest BCUT2D eigenvalue weighted by Crippen LogP contribution is 2.21. The van der Waals surface area contributed by atoms with Crippen molar-refractivity contribution in [1.82, 2.24) is 4.90 Å². The molecule has 26 heavy (non-hydrogen) atoms. The number of rotatable bonds is 10. The summed E-state index contributed by atoms with van der Waals surface area (Å²) in [5.41, 5.74) is 0.727. The molecule has 2 amide bonds. The maximum absolute atomic E-state index is 12.1. The maximum atomic E-state index is 12.1. The molecule has 0 spiro atoms. The van der Waals surface area contributed by atoms with Gasteiger partial charge in [0.05, 0.1) is 37.3 Å². The third-order valence-corrected chi connectivity index (χ3v) is 3.62. The summed E-state index contributed by atoms with van der Waals surface area (Å²) < 4.78 is 10.0. The van der Waals surface area contributed by atoms with Crippen LogP contribution in [0.3, 0.4) is 0 Å². The van der Waals surface area contributed by atoms with Gasteiger partial charge in [0.1, 0.15) is 6.61 Å². The number of fused-ring (bicyclic) bond motifs is 1. The molecule has 2 rings (SSSR count). The second kappa shape index (κ2) is 8.86. The standard InChI is InChI=1S/C17H17NO8/c19-13(17(23)24)5-6-14(20)26-10-9-25-8-7-18-15(21)11-3-1-2-4-12(11)16(18)22/h1-4H,5-10H2,(H,23,24). The monoisotopic (exact) mass is 363 g/mol. The zero-order chi connectivity index (χ0) is 19.1. The first-order valence-electron chi connectivity index (χ1n) is 7.86. The molecule has 1 aromatic rings. The molecule has 0 saturated carbocycles. The van der Waals surface area contributed by atoms with Crippen LogP contribution in [0, 0.1) is 0 Å². The Morgan fingerprint density at radius 3 is 2.12 bits per heavy atom. The summed E-state index contributed by atoms with van der Waals surface area (Å²) in [4.78, 5) is 57.7. The molecule has 0 unspecified atom stereocenters. The second-order valence-corrected chi connectivity index (χ2v) is 5.37. The van der Waals surface area contributed by atoms with Crippen LogP contribution in [0.5, 0.6) is 0 Å². The molecule has 0 fully saturated rings. The number of hydrogen-bond donors (Lipinski definition) is 1. The Kier molecular flexibility index (Phi) is 6.56. The number of aliphatic carboxylic acids is 1. The van der Waals surface area contributed by atoms with Gasteiger partial charge in [-0.3, -0.25) is 24.1 Å². The van der Waals surface area contributed by atoms with E-state index in [-0.39, 0.29) is 44.6 Å². The van der Waals surface area contributed by atoms with Crippen LogP contribution in [-0.2, 0) is 23.9 Å². The van der Waals surface area contributed by atoms with Crippen molar-refractivity contribution >= 4 is 29.5 Å². The molecule has 0 bridgehead atoms. The predicted molar refractivity (Wildman–Crippen MR) is 85.5 cm³/mol. The van der Waals surface area contributed by atoms with Crippen LogP contribution in [0.1, 0.15) is 33.6 Å². The molecule has 1 aromatic carbocycles. The molecule has 9 heteroatoms. The van der Waals surface area contributed by atoms with Crippen LogP contribution >= 0.6 is 0 Å². The molecule has 0 aromatic heterocycles. The van der Waals surface area contributed by atoms with Crippen molar-refractivity contribution < 1.29 is 38.6 Å². The molecule has 1 N–H and O–H groups in total. The fraction of sp³-hybridized carbons (Fsp3) is 0.353. The number of benzene rings is 1. The summed E-state index contributed by atoms with van der Waals surface area (Å²) in [5.74, 6) is -4.09. The van der Waals surface area contributed by atoms with Gasteiger partial charge in [-0.1, -0.05) is 12.1 Å². The van der Waals surface area contributed by atoms with E-state index in [0.717, 1.165) is 4.90 Å². The average molecular weight is 363 g/mol. The first-order chi connectivity index (χ1) is 12.4. The van der Waals surface area contributed by atoms with Crippen molar-refractivity contribution in [1.29, 1.82) is 0 Å². The molecule has 1 aliphatic heterocycles. The Hall–Kier alpha value is -3.07. The number of carboxylic acids is 1. The van der Waals surface area contributed by atoms with Gasteiger partial charge in [-0.15, -0.1) is 0 Å². The number of nitrogens with zero attached hydrogens (tertiary/aromatic N) is 1. The number of carbonyl (C=O) groups is 5. The van der Waals surface area contributed by atoms with Gasteiger partial charge in [-0.25, -0.2) is 4.79 Å². The number of Topliss-reactive ketones (excluding diaryl/α,β-unsaturated/α-hetero) is 1. The van der Waals surface area contributed by atoms with Crippen molar-refractivity contribution in [3.8, 4) is 0 Å². The van der Waals surface area contributed by atoms with Crippen molar-refractivity contribution in [2.45, 2.75) is 12.8 Å². The Morgan fingerprint density at radius 1 is 0.923 bits per heavy atom. The van der Waals surface area contributed by atoms with Gasteiger partial charge in [-0.2, -0.15) is 0 Å². The maximum Gasteiger partial charge on any atom is 0.372 e. The van der Waals surface area contributed by atoms with Crippen LogP contribution in [0.25, 0.3) is 0 Å². The highest BCUT2D eigenvalue weighted by molar-refractivity contribution is 6.32. The average Bonchev–Trinajstić information content (AvgIpc) is 2.87. The molecular weight excluding hydrogens is 346 g/mol. The number of carbonyl (C=O) groups excluding carboxylic acids is 4. The number of ether oxygens (including phenoxy) is 2. The lowest BCUT2D eigenvalue weighted by Gasteiger charge is -2.13. The zero-order valence-corrected chi connectivity index (χ0v) is 13.8. The van der Waals surface area contributed by atoms with Crippen molar-refractivity contribution in [3.05, 3.63) is 35.4 Å².